The summed E-state index contributed by atoms with van der Waals surface area (Å²) in [5, 5.41) is 2.25. The van der Waals surface area contributed by atoms with Crippen LogP contribution in [0.15, 0.2) is 193 Å². The molecule has 0 fully saturated rings. The lowest BCUT2D eigenvalue weighted by Gasteiger charge is -2.43. The summed E-state index contributed by atoms with van der Waals surface area (Å²) in [6.07, 6.45) is 9.24. The predicted octanol–water partition coefficient (Wildman–Crippen LogP) is 13.0. The number of nitrogens with zero attached hydrogens (tertiary/aromatic N) is 1. The van der Waals surface area contributed by atoms with Crippen LogP contribution in [0.1, 0.15) is 28.2 Å². The minimum absolute atomic E-state index is 0.194. The fourth-order valence-corrected chi connectivity index (χ4v) is 9.23. The van der Waals surface area contributed by atoms with E-state index < -0.39 is 0 Å². The van der Waals surface area contributed by atoms with Gasteiger partial charge in [-0.25, -0.2) is 0 Å². The van der Waals surface area contributed by atoms with E-state index in [4.69, 9.17) is 9.15 Å². The van der Waals surface area contributed by atoms with Crippen molar-refractivity contribution in [3.8, 4) is 22.6 Å². The van der Waals surface area contributed by atoms with Gasteiger partial charge in [-0.3, -0.25) is 0 Å². The maximum atomic E-state index is 6.58. The molecule has 0 N–H and O–H groups in total. The van der Waals surface area contributed by atoms with E-state index >= 15 is 0 Å². The van der Waals surface area contributed by atoms with Crippen molar-refractivity contribution in [3.63, 3.8) is 0 Å². The maximum absolute atomic E-state index is 6.58. The second-order valence-corrected chi connectivity index (χ2v) is 14.0. The first-order valence-electron chi connectivity index (χ1n) is 18.0. The molecule has 1 spiro atoms. The molecule has 1 aromatic heterocycles. The van der Waals surface area contributed by atoms with E-state index in [2.05, 4.69) is 181 Å². The Morgan fingerprint density at radius 1 is 0.462 bits per heavy atom. The molecule has 0 amide bonds. The van der Waals surface area contributed by atoms with Gasteiger partial charge in [-0.15, -0.1) is 0 Å². The van der Waals surface area contributed by atoms with Crippen molar-refractivity contribution >= 4 is 39.0 Å². The Balaban J connectivity index is 1.13. The van der Waals surface area contributed by atoms with E-state index in [0.717, 1.165) is 50.5 Å². The summed E-state index contributed by atoms with van der Waals surface area (Å²) in [6, 6.07) is 58.7. The highest BCUT2D eigenvalue weighted by atomic mass is 16.5. The van der Waals surface area contributed by atoms with Crippen LogP contribution in [-0.2, 0) is 5.41 Å². The zero-order chi connectivity index (χ0) is 34.2. The van der Waals surface area contributed by atoms with Crippen LogP contribution in [0.4, 0.5) is 17.1 Å². The number of furan rings is 1. The number of para-hydroxylation sites is 3. The highest BCUT2D eigenvalue weighted by Crippen LogP contribution is 2.65. The van der Waals surface area contributed by atoms with Gasteiger partial charge < -0.3 is 14.1 Å². The first-order valence-corrected chi connectivity index (χ1v) is 18.0. The topological polar surface area (TPSA) is 25.6 Å². The number of allylic oxidation sites excluding steroid dienone is 4. The molecule has 2 unspecified atom stereocenters. The summed E-state index contributed by atoms with van der Waals surface area (Å²) in [5.41, 5.74) is 12.1. The number of hydrogen-bond donors (Lipinski definition) is 0. The van der Waals surface area contributed by atoms with Crippen molar-refractivity contribution in [1.29, 1.82) is 0 Å². The van der Waals surface area contributed by atoms with Gasteiger partial charge in [-0.2, -0.15) is 0 Å². The van der Waals surface area contributed by atoms with Gasteiger partial charge in [0.15, 0.2) is 0 Å². The molecular weight excluding hydrogens is 635 g/mol. The molecule has 1 aliphatic heterocycles. The quantitative estimate of drug-likeness (QED) is 0.187. The predicted molar refractivity (Wildman–Crippen MR) is 211 cm³/mol. The average molecular weight is 668 g/mol. The third-order valence-electron chi connectivity index (χ3n) is 11.4. The molecule has 246 valence electrons. The molecule has 3 nitrogen and oxygen atoms in total. The molecule has 2 heterocycles. The number of anilines is 3. The lowest BCUT2D eigenvalue weighted by Crippen LogP contribution is -2.37. The van der Waals surface area contributed by atoms with Crippen LogP contribution in [0.5, 0.6) is 11.5 Å². The average Bonchev–Trinajstić information content (AvgIpc) is 3.72. The largest absolute Gasteiger partial charge is 0.457 e. The van der Waals surface area contributed by atoms with E-state index in [1.54, 1.807) is 0 Å². The first-order chi connectivity index (χ1) is 25.8. The molecule has 0 radical (unpaired) electrons. The summed E-state index contributed by atoms with van der Waals surface area (Å²) in [7, 11) is 0. The van der Waals surface area contributed by atoms with Crippen LogP contribution >= 0.6 is 0 Å². The molecule has 3 heteroatoms. The van der Waals surface area contributed by atoms with Crippen LogP contribution in [0.3, 0.4) is 0 Å². The number of ether oxygens (including phenoxy) is 1. The summed E-state index contributed by atoms with van der Waals surface area (Å²) in [5.74, 6) is 2.25. The molecule has 2 atom stereocenters. The molecule has 2 aliphatic carbocycles. The van der Waals surface area contributed by atoms with Gasteiger partial charge in [0, 0.05) is 56.9 Å². The van der Waals surface area contributed by atoms with Gasteiger partial charge in [0.2, 0.25) is 0 Å². The van der Waals surface area contributed by atoms with E-state index in [9.17, 15) is 0 Å². The van der Waals surface area contributed by atoms with Crippen molar-refractivity contribution in [3.05, 3.63) is 210 Å². The lowest BCUT2D eigenvalue weighted by atomic mass is 9.62. The molecule has 0 saturated heterocycles. The Bertz CT molecular complexity index is 2690. The van der Waals surface area contributed by atoms with Crippen molar-refractivity contribution < 1.29 is 9.15 Å². The Morgan fingerprint density at radius 2 is 1.08 bits per heavy atom. The smallest absolute Gasteiger partial charge is 0.137 e. The molecular formula is C49H33NO2. The number of benzene rings is 7. The first kappa shape index (κ1) is 29.2. The van der Waals surface area contributed by atoms with E-state index in [1.165, 1.54) is 33.4 Å². The molecule has 52 heavy (non-hydrogen) atoms. The van der Waals surface area contributed by atoms with E-state index in [0.29, 0.717) is 0 Å². The second kappa shape index (κ2) is 11.2. The summed E-state index contributed by atoms with van der Waals surface area (Å²) in [4.78, 5) is 2.37. The number of hydrogen-bond acceptors (Lipinski definition) is 3. The van der Waals surface area contributed by atoms with E-state index in [1.807, 2.05) is 12.1 Å². The molecule has 11 rings (SSSR count). The Kier molecular flexibility index (Phi) is 6.29. The van der Waals surface area contributed by atoms with Crippen molar-refractivity contribution in [1.82, 2.24) is 0 Å². The number of fused-ring (bicyclic) bond motifs is 12. The van der Waals surface area contributed by atoms with Gasteiger partial charge >= 0.3 is 0 Å². The summed E-state index contributed by atoms with van der Waals surface area (Å²) >= 11 is 0. The van der Waals surface area contributed by atoms with Crippen LogP contribution in [0.2, 0.25) is 0 Å². The molecule has 8 aromatic rings. The number of rotatable bonds is 4. The van der Waals surface area contributed by atoms with Crippen LogP contribution in [0, 0.1) is 5.92 Å². The zero-order valence-electron chi connectivity index (χ0n) is 28.3. The highest BCUT2D eigenvalue weighted by molar-refractivity contribution is 6.06. The Morgan fingerprint density at radius 3 is 1.88 bits per heavy atom. The van der Waals surface area contributed by atoms with Crippen LogP contribution in [-0.4, -0.2) is 0 Å². The van der Waals surface area contributed by atoms with Crippen molar-refractivity contribution in [2.45, 2.75) is 11.3 Å². The minimum Gasteiger partial charge on any atom is -0.457 e. The van der Waals surface area contributed by atoms with E-state index in [-0.39, 0.29) is 17.3 Å². The maximum Gasteiger partial charge on any atom is 0.137 e. The SMILES string of the molecule is C1=CC2c3cc(N(c4ccc(-c5ccccc5)cc4)c4ccc5c(c4)oc4ccccc45)ccc3C3(c4ccccc4Oc4ccccc43)C2C=C1. The molecule has 0 bridgehead atoms. The molecule has 7 aromatic carbocycles. The Labute approximate surface area is 302 Å². The van der Waals surface area contributed by atoms with Gasteiger partial charge in [0.25, 0.3) is 0 Å². The third-order valence-corrected chi connectivity index (χ3v) is 11.4. The summed E-state index contributed by atoms with van der Waals surface area (Å²) < 4.78 is 13.0. The Hall–Kier alpha value is -6.58. The normalized spacial score (nSPS) is 17.4. The summed E-state index contributed by atoms with van der Waals surface area (Å²) in [6.45, 7) is 0. The standard InChI is InChI=1S/C49H33NO2/c1-2-12-32(13-3-1)33-22-24-34(25-23-33)50(36-26-28-39-38-15-5-9-19-45(38)51-48(39)31-36)35-27-29-42-40(30-35)37-14-4-6-16-41(37)49(42)43-17-7-10-20-46(43)52-47-21-11-8-18-44(47)49/h1-31,37,41H. The van der Waals surface area contributed by atoms with Gasteiger partial charge in [0.05, 0.1) is 5.41 Å². The zero-order valence-corrected chi connectivity index (χ0v) is 28.3. The molecule has 0 saturated carbocycles. The monoisotopic (exact) mass is 667 g/mol. The van der Waals surface area contributed by atoms with Crippen LogP contribution < -0.4 is 9.64 Å². The van der Waals surface area contributed by atoms with Crippen LogP contribution in [0.25, 0.3) is 33.1 Å². The molecule has 3 aliphatic rings. The van der Waals surface area contributed by atoms with Gasteiger partial charge in [-0.05, 0) is 76.9 Å². The third kappa shape index (κ3) is 4.14. The fraction of sp³-hybridized carbons (Fsp3) is 0.0612. The highest BCUT2D eigenvalue weighted by Gasteiger charge is 2.56. The van der Waals surface area contributed by atoms with Gasteiger partial charge in [0.1, 0.15) is 22.7 Å². The second-order valence-electron chi connectivity index (χ2n) is 14.0. The fourth-order valence-electron chi connectivity index (χ4n) is 9.23. The van der Waals surface area contributed by atoms with Gasteiger partial charge in [-0.1, -0.05) is 127 Å². The van der Waals surface area contributed by atoms with Crippen molar-refractivity contribution in [2.75, 3.05) is 4.90 Å². The minimum atomic E-state index is -0.388. The van der Waals surface area contributed by atoms with Crippen molar-refractivity contribution in [2.24, 2.45) is 5.92 Å². The lowest BCUT2D eigenvalue weighted by molar-refractivity contribution is 0.374.